The summed E-state index contributed by atoms with van der Waals surface area (Å²) in [6, 6.07) is 0. The van der Waals surface area contributed by atoms with Crippen molar-refractivity contribution in [2.75, 3.05) is 6.54 Å². The Morgan fingerprint density at radius 3 is 2.78 bits per heavy atom. The van der Waals surface area contributed by atoms with Gasteiger partial charge in [-0.05, 0) is 19.4 Å². The molecule has 1 aliphatic heterocycles. The Labute approximate surface area is 56.5 Å². The summed E-state index contributed by atoms with van der Waals surface area (Å²) in [6.07, 6.45) is 5.49. The minimum absolute atomic E-state index is 1.04. The number of hydrogen-bond acceptors (Lipinski definition) is 1. The lowest BCUT2D eigenvalue weighted by molar-refractivity contribution is 0.822. The molecule has 0 aromatic carbocycles. The molecule has 0 aliphatic carbocycles. The first-order valence-corrected chi connectivity index (χ1v) is 3.43. The van der Waals surface area contributed by atoms with Gasteiger partial charge in [-0.1, -0.05) is 18.6 Å². The molecule has 0 spiro atoms. The highest BCUT2D eigenvalue weighted by atomic mass is 14.9. The average molecular weight is 123 g/mol. The van der Waals surface area contributed by atoms with Crippen molar-refractivity contribution in [1.29, 1.82) is 0 Å². The molecule has 1 aliphatic rings. The van der Waals surface area contributed by atoms with Crippen LogP contribution in [0.5, 0.6) is 0 Å². The zero-order valence-electron chi connectivity index (χ0n) is 6.07. The highest BCUT2D eigenvalue weighted by molar-refractivity contribution is 5.22. The predicted octanol–water partition coefficient (Wildman–Crippen LogP) is 1.83. The highest BCUT2D eigenvalue weighted by Gasteiger charge is 1.97. The van der Waals surface area contributed by atoms with Crippen LogP contribution >= 0.6 is 0 Å². The maximum Gasteiger partial charge on any atom is 0.0360 e. The summed E-state index contributed by atoms with van der Waals surface area (Å²) < 4.78 is 0. The van der Waals surface area contributed by atoms with Crippen LogP contribution in [-0.4, -0.2) is 6.54 Å². The number of allylic oxidation sites excluding steroid dienone is 3. The van der Waals surface area contributed by atoms with Crippen molar-refractivity contribution < 1.29 is 0 Å². The van der Waals surface area contributed by atoms with Crippen LogP contribution in [0.1, 0.15) is 20.3 Å². The maximum atomic E-state index is 3.28. The smallest absolute Gasteiger partial charge is 0.0360 e. The lowest BCUT2D eigenvalue weighted by Gasteiger charge is -2.12. The van der Waals surface area contributed by atoms with E-state index in [0.29, 0.717) is 0 Å². The molecule has 0 saturated heterocycles. The first-order chi connectivity index (χ1) is 4.33. The summed E-state index contributed by atoms with van der Waals surface area (Å²) in [7, 11) is 0. The Hall–Kier alpha value is -0.720. The van der Waals surface area contributed by atoms with Gasteiger partial charge in [0.25, 0.3) is 0 Å². The Morgan fingerprint density at radius 1 is 1.56 bits per heavy atom. The molecule has 1 heteroatoms. The van der Waals surface area contributed by atoms with E-state index in [0.717, 1.165) is 13.0 Å². The van der Waals surface area contributed by atoms with E-state index in [2.05, 4.69) is 31.3 Å². The third-order valence-corrected chi connectivity index (χ3v) is 1.62. The Morgan fingerprint density at radius 2 is 2.33 bits per heavy atom. The second kappa shape index (κ2) is 2.72. The third-order valence-electron chi connectivity index (χ3n) is 1.62. The molecule has 0 saturated carbocycles. The first kappa shape index (κ1) is 6.40. The molecule has 0 radical (unpaired) electrons. The topological polar surface area (TPSA) is 12.0 Å². The molecule has 0 aromatic rings. The summed E-state index contributed by atoms with van der Waals surface area (Å²) in [5, 5.41) is 3.28. The molecule has 0 unspecified atom stereocenters. The van der Waals surface area contributed by atoms with E-state index in [1.54, 1.807) is 0 Å². The van der Waals surface area contributed by atoms with E-state index in [-0.39, 0.29) is 0 Å². The van der Waals surface area contributed by atoms with E-state index < -0.39 is 0 Å². The van der Waals surface area contributed by atoms with E-state index in [4.69, 9.17) is 0 Å². The largest absolute Gasteiger partial charge is 0.385 e. The standard InChI is InChI=1S/C8H13N/c1-3-8-5-4-7(2)9-6-8/h4-5,9H,3,6H2,1-2H3. The summed E-state index contributed by atoms with van der Waals surface area (Å²) in [6.45, 7) is 5.31. The van der Waals surface area contributed by atoms with Crippen molar-refractivity contribution in [3.8, 4) is 0 Å². The molecule has 50 valence electrons. The van der Waals surface area contributed by atoms with Crippen LogP contribution in [0, 0.1) is 0 Å². The molecule has 1 rings (SSSR count). The SMILES string of the molecule is CCC1=CC=C(C)NC1. The van der Waals surface area contributed by atoms with Gasteiger partial charge < -0.3 is 5.32 Å². The molecule has 1 nitrogen and oxygen atoms in total. The first-order valence-electron chi connectivity index (χ1n) is 3.43. The molecular weight excluding hydrogens is 110 g/mol. The maximum absolute atomic E-state index is 3.28. The van der Waals surface area contributed by atoms with Crippen molar-refractivity contribution >= 4 is 0 Å². The van der Waals surface area contributed by atoms with Crippen molar-refractivity contribution in [2.45, 2.75) is 20.3 Å². The van der Waals surface area contributed by atoms with Gasteiger partial charge >= 0.3 is 0 Å². The molecule has 0 fully saturated rings. The van der Waals surface area contributed by atoms with Crippen molar-refractivity contribution in [1.82, 2.24) is 5.32 Å². The number of hydrogen-bond donors (Lipinski definition) is 1. The van der Waals surface area contributed by atoms with Crippen LogP contribution in [-0.2, 0) is 0 Å². The summed E-state index contributed by atoms with van der Waals surface area (Å²) in [5.41, 5.74) is 2.76. The van der Waals surface area contributed by atoms with E-state index >= 15 is 0 Å². The van der Waals surface area contributed by atoms with Gasteiger partial charge in [-0.15, -0.1) is 0 Å². The second-order valence-electron chi connectivity index (χ2n) is 2.38. The minimum Gasteiger partial charge on any atom is -0.385 e. The Balaban J connectivity index is 2.59. The molecule has 9 heavy (non-hydrogen) atoms. The van der Waals surface area contributed by atoms with Gasteiger partial charge in [0.1, 0.15) is 0 Å². The minimum atomic E-state index is 1.04. The van der Waals surface area contributed by atoms with Crippen LogP contribution in [0.3, 0.4) is 0 Å². The number of nitrogens with one attached hydrogen (secondary N) is 1. The van der Waals surface area contributed by atoms with E-state index in [9.17, 15) is 0 Å². The molecule has 0 amide bonds. The zero-order valence-corrected chi connectivity index (χ0v) is 6.07. The van der Waals surface area contributed by atoms with Gasteiger partial charge in [-0.3, -0.25) is 0 Å². The summed E-state index contributed by atoms with van der Waals surface area (Å²) in [5.74, 6) is 0. The lowest BCUT2D eigenvalue weighted by Crippen LogP contribution is -2.17. The van der Waals surface area contributed by atoms with Gasteiger partial charge in [0.2, 0.25) is 0 Å². The Kier molecular flexibility index (Phi) is 1.93. The van der Waals surface area contributed by atoms with Crippen molar-refractivity contribution in [2.24, 2.45) is 0 Å². The fraction of sp³-hybridized carbons (Fsp3) is 0.500. The highest BCUT2D eigenvalue weighted by Crippen LogP contribution is 2.05. The van der Waals surface area contributed by atoms with Crippen LogP contribution in [0.4, 0.5) is 0 Å². The lowest BCUT2D eigenvalue weighted by atomic mass is 10.1. The average Bonchev–Trinajstić information content (AvgIpc) is 1.90. The van der Waals surface area contributed by atoms with Crippen LogP contribution < -0.4 is 5.32 Å². The monoisotopic (exact) mass is 123 g/mol. The van der Waals surface area contributed by atoms with Gasteiger partial charge in [-0.2, -0.15) is 0 Å². The zero-order chi connectivity index (χ0) is 6.69. The molecule has 0 aromatic heterocycles. The molecule has 1 N–H and O–H groups in total. The molecule has 0 atom stereocenters. The van der Waals surface area contributed by atoms with Crippen LogP contribution in [0.2, 0.25) is 0 Å². The molecule has 1 heterocycles. The van der Waals surface area contributed by atoms with Gasteiger partial charge in [0.15, 0.2) is 0 Å². The fourth-order valence-electron chi connectivity index (χ4n) is 0.857. The fourth-order valence-corrected chi connectivity index (χ4v) is 0.857. The number of rotatable bonds is 1. The molecule has 0 bridgehead atoms. The van der Waals surface area contributed by atoms with E-state index in [1.807, 2.05) is 0 Å². The van der Waals surface area contributed by atoms with Gasteiger partial charge in [-0.25, -0.2) is 0 Å². The van der Waals surface area contributed by atoms with Crippen LogP contribution in [0.15, 0.2) is 23.4 Å². The summed E-state index contributed by atoms with van der Waals surface area (Å²) >= 11 is 0. The van der Waals surface area contributed by atoms with Crippen LogP contribution in [0.25, 0.3) is 0 Å². The van der Waals surface area contributed by atoms with Gasteiger partial charge in [0, 0.05) is 12.2 Å². The summed E-state index contributed by atoms with van der Waals surface area (Å²) in [4.78, 5) is 0. The second-order valence-corrected chi connectivity index (χ2v) is 2.38. The quantitative estimate of drug-likeness (QED) is 0.561. The predicted molar refractivity (Wildman–Crippen MR) is 40.1 cm³/mol. The third kappa shape index (κ3) is 1.60. The van der Waals surface area contributed by atoms with Gasteiger partial charge in [0.05, 0.1) is 0 Å². The Bertz CT molecular complexity index is 154. The van der Waals surface area contributed by atoms with Crippen molar-refractivity contribution in [3.63, 3.8) is 0 Å². The van der Waals surface area contributed by atoms with Crippen molar-refractivity contribution in [3.05, 3.63) is 23.4 Å². The number of dihydropyridines is 1. The molecular formula is C8H13N. The normalized spacial score (nSPS) is 18.0. The van der Waals surface area contributed by atoms with E-state index in [1.165, 1.54) is 11.3 Å².